The Morgan fingerprint density at radius 3 is 2.22 bits per heavy atom. The maximum absolute atomic E-state index is 12.6. The summed E-state index contributed by atoms with van der Waals surface area (Å²) in [4.78, 5) is 41.5. The molecule has 0 atom stereocenters. The van der Waals surface area contributed by atoms with Crippen LogP contribution < -0.4 is 21.3 Å². The molecule has 1 aliphatic heterocycles. The van der Waals surface area contributed by atoms with Crippen LogP contribution in [-0.4, -0.2) is 22.8 Å². The number of amides is 4. The summed E-state index contributed by atoms with van der Waals surface area (Å²) >= 11 is 0. The van der Waals surface area contributed by atoms with Crippen molar-refractivity contribution in [1.29, 1.82) is 0 Å². The zero-order valence-electron chi connectivity index (χ0n) is 19.5. The molecule has 4 N–H and O–H groups in total. The van der Waals surface area contributed by atoms with Gasteiger partial charge in [0.2, 0.25) is 0 Å². The van der Waals surface area contributed by atoms with Crippen LogP contribution in [0.5, 0.6) is 0 Å². The van der Waals surface area contributed by atoms with E-state index in [0.717, 1.165) is 22.3 Å². The molecule has 0 aliphatic carbocycles. The van der Waals surface area contributed by atoms with Gasteiger partial charge < -0.3 is 21.3 Å². The van der Waals surface area contributed by atoms with Crippen LogP contribution in [0.2, 0.25) is 0 Å². The fourth-order valence-corrected chi connectivity index (χ4v) is 4.08. The van der Waals surface area contributed by atoms with Gasteiger partial charge in [-0.15, -0.1) is 0 Å². The Labute approximate surface area is 207 Å². The molecule has 0 unspecified atom stereocenters. The largest absolute Gasteiger partial charge is 0.348 e. The van der Waals surface area contributed by atoms with Gasteiger partial charge in [0.15, 0.2) is 0 Å². The SMILES string of the molecule is Cc1ccc(NC(=O)Nc2ccc(-c3ccc(NC(=O)c4cccnc4)c4c3CNC4=O)cc2)cc1. The summed E-state index contributed by atoms with van der Waals surface area (Å²) in [6.45, 7) is 2.35. The molecule has 0 fully saturated rings. The van der Waals surface area contributed by atoms with E-state index in [1.807, 2.05) is 49.4 Å². The lowest BCUT2D eigenvalue weighted by Crippen LogP contribution is -2.19. The summed E-state index contributed by atoms with van der Waals surface area (Å²) in [6, 6.07) is 21.5. The number of carbonyl (C=O) groups excluding carboxylic acids is 3. The number of pyridine rings is 1. The normalized spacial score (nSPS) is 11.9. The van der Waals surface area contributed by atoms with E-state index in [2.05, 4.69) is 26.3 Å². The molecule has 8 nitrogen and oxygen atoms in total. The van der Waals surface area contributed by atoms with Crippen molar-refractivity contribution in [2.75, 3.05) is 16.0 Å². The molecule has 0 bridgehead atoms. The zero-order valence-corrected chi connectivity index (χ0v) is 19.5. The van der Waals surface area contributed by atoms with Crippen molar-refractivity contribution < 1.29 is 14.4 Å². The number of fused-ring (bicyclic) bond motifs is 1. The number of rotatable bonds is 5. The van der Waals surface area contributed by atoms with Crippen LogP contribution in [0, 0.1) is 6.92 Å². The van der Waals surface area contributed by atoms with E-state index in [4.69, 9.17) is 0 Å². The van der Waals surface area contributed by atoms with Crippen LogP contribution in [0.3, 0.4) is 0 Å². The minimum Gasteiger partial charge on any atom is -0.348 e. The average Bonchev–Trinajstić information content (AvgIpc) is 3.29. The first-order valence-electron chi connectivity index (χ1n) is 11.4. The molecular weight excluding hydrogens is 454 g/mol. The van der Waals surface area contributed by atoms with Gasteiger partial charge in [0.05, 0.1) is 16.8 Å². The summed E-state index contributed by atoms with van der Waals surface area (Å²) in [5.41, 5.74) is 6.32. The Morgan fingerprint density at radius 1 is 0.861 bits per heavy atom. The van der Waals surface area contributed by atoms with Gasteiger partial charge in [-0.2, -0.15) is 0 Å². The van der Waals surface area contributed by atoms with Gasteiger partial charge in [0, 0.05) is 30.3 Å². The number of nitrogens with zero attached hydrogens (tertiary/aromatic N) is 1. The predicted octanol–water partition coefficient (Wildman–Crippen LogP) is 5.20. The molecule has 0 spiro atoms. The molecule has 8 heteroatoms. The molecule has 0 saturated carbocycles. The first-order chi connectivity index (χ1) is 17.5. The number of hydrogen-bond donors (Lipinski definition) is 4. The summed E-state index contributed by atoms with van der Waals surface area (Å²) < 4.78 is 0. The van der Waals surface area contributed by atoms with E-state index in [9.17, 15) is 14.4 Å². The third-order valence-electron chi connectivity index (χ3n) is 5.90. The van der Waals surface area contributed by atoms with E-state index >= 15 is 0 Å². The van der Waals surface area contributed by atoms with Crippen molar-refractivity contribution in [3.63, 3.8) is 0 Å². The summed E-state index contributed by atoms with van der Waals surface area (Å²) in [6.07, 6.45) is 3.06. The topological polar surface area (TPSA) is 112 Å². The second-order valence-electron chi connectivity index (χ2n) is 8.42. The molecule has 3 aromatic carbocycles. The predicted molar refractivity (Wildman–Crippen MR) is 139 cm³/mol. The molecule has 1 aliphatic rings. The lowest BCUT2D eigenvalue weighted by atomic mass is 9.95. The highest BCUT2D eigenvalue weighted by Gasteiger charge is 2.27. The number of carbonyl (C=O) groups is 3. The monoisotopic (exact) mass is 477 g/mol. The molecule has 2 heterocycles. The van der Waals surface area contributed by atoms with Crippen LogP contribution in [0.25, 0.3) is 11.1 Å². The summed E-state index contributed by atoms with van der Waals surface area (Å²) in [7, 11) is 0. The van der Waals surface area contributed by atoms with E-state index in [0.29, 0.717) is 34.7 Å². The summed E-state index contributed by atoms with van der Waals surface area (Å²) in [5.74, 6) is -0.573. The van der Waals surface area contributed by atoms with Crippen molar-refractivity contribution in [1.82, 2.24) is 10.3 Å². The lowest BCUT2D eigenvalue weighted by molar-refractivity contribution is 0.0966. The van der Waals surface area contributed by atoms with Crippen molar-refractivity contribution >= 4 is 34.9 Å². The Balaban J connectivity index is 1.33. The number of benzene rings is 3. The third kappa shape index (κ3) is 4.78. The van der Waals surface area contributed by atoms with E-state index in [1.54, 1.807) is 36.5 Å². The minimum absolute atomic E-state index is 0.237. The Bertz CT molecular complexity index is 1450. The molecule has 36 heavy (non-hydrogen) atoms. The highest BCUT2D eigenvalue weighted by Crippen LogP contribution is 2.34. The first kappa shape index (κ1) is 22.8. The fourth-order valence-electron chi connectivity index (χ4n) is 4.08. The molecule has 5 rings (SSSR count). The van der Waals surface area contributed by atoms with Crippen molar-refractivity contribution in [3.8, 4) is 11.1 Å². The van der Waals surface area contributed by atoms with E-state index in [1.165, 1.54) is 6.20 Å². The fraction of sp³-hybridized carbons (Fsp3) is 0.0714. The zero-order chi connectivity index (χ0) is 25.1. The molecule has 0 radical (unpaired) electrons. The summed E-state index contributed by atoms with van der Waals surface area (Å²) in [5, 5.41) is 11.3. The highest BCUT2D eigenvalue weighted by molar-refractivity contribution is 6.11. The van der Waals surface area contributed by atoms with Crippen LogP contribution >= 0.6 is 0 Å². The Kier molecular flexibility index (Phi) is 6.15. The molecule has 4 amide bonds. The van der Waals surface area contributed by atoms with Gasteiger partial charge in [-0.25, -0.2) is 4.79 Å². The van der Waals surface area contributed by atoms with Gasteiger partial charge in [0.1, 0.15) is 0 Å². The standard InChI is InChI=1S/C28H23N5O3/c1-17-4-8-20(9-5-17)31-28(36)32-21-10-6-18(7-11-21)22-12-13-24(25-23(22)16-30-27(25)35)33-26(34)19-3-2-14-29-15-19/h2-15H,16H2,1H3,(H,30,35)(H,33,34)(H2,31,32,36). The van der Waals surface area contributed by atoms with Crippen LogP contribution in [-0.2, 0) is 6.54 Å². The van der Waals surface area contributed by atoms with Crippen molar-refractivity contribution in [2.45, 2.75) is 13.5 Å². The van der Waals surface area contributed by atoms with Crippen molar-refractivity contribution in [2.24, 2.45) is 0 Å². The highest BCUT2D eigenvalue weighted by atomic mass is 16.2. The molecule has 0 saturated heterocycles. The average molecular weight is 478 g/mol. The Morgan fingerprint density at radius 2 is 1.56 bits per heavy atom. The van der Waals surface area contributed by atoms with E-state index in [-0.39, 0.29) is 17.8 Å². The number of aromatic nitrogens is 1. The number of urea groups is 1. The maximum atomic E-state index is 12.6. The third-order valence-corrected chi connectivity index (χ3v) is 5.90. The van der Waals surface area contributed by atoms with Gasteiger partial charge in [-0.1, -0.05) is 35.9 Å². The lowest BCUT2D eigenvalue weighted by Gasteiger charge is -2.13. The van der Waals surface area contributed by atoms with Gasteiger partial charge in [-0.3, -0.25) is 14.6 Å². The smallest absolute Gasteiger partial charge is 0.323 e. The molecule has 178 valence electrons. The number of nitrogens with one attached hydrogen (secondary N) is 4. The van der Waals surface area contributed by atoms with Gasteiger partial charge >= 0.3 is 6.03 Å². The molecule has 1 aromatic heterocycles. The first-order valence-corrected chi connectivity index (χ1v) is 11.4. The number of hydrogen-bond acceptors (Lipinski definition) is 4. The van der Waals surface area contributed by atoms with Crippen LogP contribution in [0.4, 0.5) is 21.9 Å². The Hall–Kier alpha value is -4.98. The second-order valence-corrected chi connectivity index (χ2v) is 8.42. The second kappa shape index (κ2) is 9.71. The minimum atomic E-state index is -0.337. The molecule has 4 aromatic rings. The van der Waals surface area contributed by atoms with Crippen molar-refractivity contribution in [3.05, 3.63) is 107 Å². The quantitative estimate of drug-likeness (QED) is 0.317. The van der Waals surface area contributed by atoms with E-state index < -0.39 is 0 Å². The molecular formula is C28H23N5O3. The van der Waals surface area contributed by atoms with Crippen LogP contribution in [0.1, 0.15) is 31.8 Å². The number of anilines is 3. The van der Waals surface area contributed by atoms with Gasteiger partial charge in [-0.05, 0) is 66.1 Å². The maximum Gasteiger partial charge on any atom is 0.323 e. The number of aryl methyl sites for hydroxylation is 1. The van der Waals surface area contributed by atoms with Gasteiger partial charge in [0.25, 0.3) is 11.8 Å². The van der Waals surface area contributed by atoms with Crippen LogP contribution in [0.15, 0.2) is 85.2 Å².